The molecule has 1 N–H and O–H groups in total. The number of likely N-dealkylation sites (N-methyl/N-ethyl adjacent to an activating group) is 1. The molecule has 1 atom stereocenters. The van der Waals surface area contributed by atoms with E-state index in [4.69, 9.17) is 0 Å². The lowest BCUT2D eigenvalue weighted by molar-refractivity contribution is 0.273. The third-order valence-corrected chi connectivity index (χ3v) is 3.56. The topological polar surface area (TPSA) is 31.4 Å². The molecule has 20 heavy (non-hydrogen) atoms. The molecule has 0 saturated carbocycles. The first-order chi connectivity index (χ1) is 9.52. The number of anilines is 2. The van der Waals surface area contributed by atoms with Gasteiger partial charge in [-0.3, -0.25) is 0 Å². The Bertz CT molecular complexity index is 467. The van der Waals surface area contributed by atoms with E-state index in [9.17, 15) is 8.78 Å². The molecule has 1 aliphatic heterocycles. The van der Waals surface area contributed by atoms with Gasteiger partial charge in [0.05, 0.1) is 0 Å². The van der Waals surface area contributed by atoms with Crippen molar-refractivity contribution in [3.05, 3.63) is 17.7 Å². The highest BCUT2D eigenvalue weighted by atomic mass is 19.1. The van der Waals surface area contributed by atoms with Crippen LogP contribution in [0.4, 0.5) is 20.4 Å². The molecule has 0 amide bonds. The van der Waals surface area contributed by atoms with Crippen molar-refractivity contribution in [2.75, 3.05) is 43.4 Å². The van der Waals surface area contributed by atoms with Gasteiger partial charge in [0.2, 0.25) is 0 Å². The molecule has 2 rings (SSSR count). The van der Waals surface area contributed by atoms with E-state index in [1.54, 1.807) is 0 Å². The monoisotopic (exact) mass is 284 g/mol. The molecule has 112 valence electrons. The second kappa shape index (κ2) is 6.35. The molecule has 0 spiro atoms. The van der Waals surface area contributed by atoms with Crippen LogP contribution in [0.2, 0.25) is 0 Å². The summed E-state index contributed by atoms with van der Waals surface area (Å²) in [5.41, 5.74) is 0. The fourth-order valence-electron chi connectivity index (χ4n) is 2.48. The van der Waals surface area contributed by atoms with Gasteiger partial charge in [-0.25, -0.2) is 13.8 Å². The summed E-state index contributed by atoms with van der Waals surface area (Å²) in [6, 6.07) is 1.07. The summed E-state index contributed by atoms with van der Waals surface area (Å²) in [5.74, 6) is -0.859. The van der Waals surface area contributed by atoms with E-state index in [1.807, 2.05) is 25.8 Å². The Labute approximate surface area is 118 Å². The number of rotatable bonds is 4. The van der Waals surface area contributed by atoms with Crippen molar-refractivity contribution < 1.29 is 8.78 Å². The molecule has 1 aromatic rings. The number of pyridine rings is 1. The summed E-state index contributed by atoms with van der Waals surface area (Å²) >= 11 is 0. The number of aromatic nitrogens is 1. The molecule has 0 bridgehead atoms. The summed E-state index contributed by atoms with van der Waals surface area (Å²) in [4.78, 5) is 8.26. The van der Waals surface area contributed by atoms with Gasteiger partial charge in [-0.15, -0.1) is 0 Å². The number of piperazine rings is 1. The smallest absolute Gasteiger partial charge is 0.168 e. The molecular formula is C14H22F2N4. The second-order valence-corrected chi connectivity index (χ2v) is 5.36. The fourth-order valence-corrected chi connectivity index (χ4v) is 2.48. The van der Waals surface area contributed by atoms with E-state index in [0.717, 1.165) is 25.6 Å². The zero-order valence-electron chi connectivity index (χ0n) is 12.3. The highest BCUT2D eigenvalue weighted by Crippen LogP contribution is 2.25. The van der Waals surface area contributed by atoms with Gasteiger partial charge in [-0.05, 0) is 20.4 Å². The highest BCUT2D eigenvalue weighted by molar-refractivity contribution is 5.50. The Morgan fingerprint density at radius 2 is 2.10 bits per heavy atom. The lowest BCUT2D eigenvalue weighted by Crippen LogP contribution is -2.51. The minimum Gasteiger partial charge on any atom is -0.368 e. The van der Waals surface area contributed by atoms with Crippen LogP contribution in [0.1, 0.15) is 20.3 Å². The van der Waals surface area contributed by atoms with E-state index in [0.29, 0.717) is 13.1 Å². The minimum atomic E-state index is -0.638. The van der Waals surface area contributed by atoms with Crippen molar-refractivity contribution in [1.29, 1.82) is 0 Å². The largest absolute Gasteiger partial charge is 0.368 e. The maximum atomic E-state index is 14.0. The number of nitrogens with zero attached hydrogens (tertiary/aromatic N) is 3. The van der Waals surface area contributed by atoms with Gasteiger partial charge in [0.1, 0.15) is 0 Å². The van der Waals surface area contributed by atoms with Gasteiger partial charge in [0.25, 0.3) is 0 Å². The third-order valence-electron chi connectivity index (χ3n) is 3.56. The van der Waals surface area contributed by atoms with Crippen molar-refractivity contribution in [3.63, 3.8) is 0 Å². The highest BCUT2D eigenvalue weighted by Gasteiger charge is 2.26. The molecule has 0 aromatic carbocycles. The van der Waals surface area contributed by atoms with Gasteiger partial charge in [-0.1, -0.05) is 6.92 Å². The third kappa shape index (κ3) is 3.17. The van der Waals surface area contributed by atoms with E-state index in [1.165, 1.54) is 0 Å². The molecule has 6 heteroatoms. The second-order valence-electron chi connectivity index (χ2n) is 5.36. The van der Waals surface area contributed by atoms with Crippen LogP contribution in [0.3, 0.4) is 0 Å². The lowest BCUT2D eigenvalue weighted by atomic mass is 10.2. The molecule has 1 saturated heterocycles. The van der Waals surface area contributed by atoms with Gasteiger partial charge in [0, 0.05) is 38.3 Å². The zero-order valence-corrected chi connectivity index (χ0v) is 12.3. The average molecular weight is 284 g/mol. The zero-order chi connectivity index (χ0) is 14.7. The van der Waals surface area contributed by atoms with Crippen LogP contribution in [0.25, 0.3) is 0 Å². The Balaban J connectivity index is 2.26. The van der Waals surface area contributed by atoms with Crippen molar-refractivity contribution in [2.45, 2.75) is 26.3 Å². The molecule has 4 nitrogen and oxygen atoms in total. The predicted octanol–water partition coefficient (Wildman–Crippen LogP) is 2.32. The van der Waals surface area contributed by atoms with Crippen molar-refractivity contribution in [1.82, 2.24) is 9.88 Å². The van der Waals surface area contributed by atoms with Crippen molar-refractivity contribution in [3.8, 4) is 0 Å². The Hall–Kier alpha value is -1.43. The van der Waals surface area contributed by atoms with E-state index in [2.05, 4.69) is 15.2 Å². The number of hydrogen-bond acceptors (Lipinski definition) is 4. The van der Waals surface area contributed by atoms with E-state index < -0.39 is 11.6 Å². The van der Waals surface area contributed by atoms with E-state index in [-0.39, 0.29) is 17.7 Å². The number of nitrogens with one attached hydrogen (secondary N) is 1. The molecule has 1 fully saturated rings. The minimum absolute atomic E-state index is 0.134. The maximum absolute atomic E-state index is 14.0. The van der Waals surface area contributed by atoms with Crippen LogP contribution >= 0.6 is 0 Å². The van der Waals surface area contributed by atoms with Crippen molar-refractivity contribution in [2.24, 2.45) is 0 Å². The summed E-state index contributed by atoms with van der Waals surface area (Å²) < 4.78 is 27.7. The summed E-state index contributed by atoms with van der Waals surface area (Å²) in [7, 11) is 2.04. The van der Waals surface area contributed by atoms with Gasteiger partial charge in [-0.2, -0.15) is 0 Å². The number of halogens is 2. The quantitative estimate of drug-likeness (QED) is 0.919. The standard InChI is InChI=1S/C14H22F2N4/c1-4-5-17-13-11(15)8-12(16)14(18-13)20-7-6-19(3)9-10(20)2/h8,10H,4-7,9H2,1-3H3,(H,17,18). The Kier molecular flexibility index (Phi) is 4.75. The van der Waals surface area contributed by atoms with Crippen LogP contribution in [-0.4, -0.2) is 49.2 Å². The maximum Gasteiger partial charge on any atom is 0.168 e. The lowest BCUT2D eigenvalue weighted by Gasteiger charge is -2.39. The van der Waals surface area contributed by atoms with Gasteiger partial charge in [0.15, 0.2) is 23.3 Å². The molecule has 1 aromatic heterocycles. The van der Waals surface area contributed by atoms with Crippen LogP contribution in [0.5, 0.6) is 0 Å². The van der Waals surface area contributed by atoms with Gasteiger partial charge < -0.3 is 15.1 Å². The molecule has 1 unspecified atom stereocenters. The van der Waals surface area contributed by atoms with Gasteiger partial charge >= 0.3 is 0 Å². The first-order valence-electron chi connectivity index (χ1n) is 7.08. The normalized spacial score (nSPS) is 20.2. The Morgan fingerprint density at radius 1 is 1.35 bits per heavy atom. The molecule has 0 aliphatic carbocycles. The van der Waals surface area contributed by atoms with Crippen LogP contribution in [0.15, 0.2) is 6.07 Å². The summed E-state index contributed by atoms with van der Waals surface area (Å²) in [5, 5.41) is 2.90. The van der Waals surface area contributed by atoms with Crippen LogP contribution in [-0.2, 0) is 0 Å². The first kappa shape index (κ1) is 15.0. The summed E-state index contributed by atoms with van der Waals surface area (Å²) in [6.45, 7) is 7.02. The molecule has 0 radical (unpaired) electrons. The molecular weight excluding hydrogens is 262 g/mol. The molecule has 1 aliphatic rings. The molecule has 2 heterocycles. The Morgan fingerprint density at radius 3 is 2.75 bits per heavy atom. The van der Waals surface area contributed by atoms with Crippen LogP contribution in [0, 0.1) is 11.6 Å². The van der Waals surface area contributed by atoms with Crippen molar-refractivity contribution >= 4 is 11.6 Å². The SMILES string of the molecule is CCCNc1nc(N2CCN(C)CC2C)c(F)cc1F. The van der Waals surface area contributed by atoms with E-state index >= 15 is 0 Å². The summed E-state index contributed by atoms with van der Waals surface area (Å²) in [6.07, 6.45) is 0.860. The number of hydrogen-bond donors (Lipinski definition) is 1. The fraction of sp³-hybridized carbons (Fsp3) is 0.643. The average Bonchev–Trinajstić information content (AvgIpc) is 2.39. The first-order valence-corrected chi connectivity index (χ1v) is 7.08. The van der Waals surface area contributed by atoms with Crippen LogP contribution < -0.4 is 10.2 Å². The predicted molar refractivity (Wildman–Crippen MR) is 77.2 cm³/mol.